The normalized spacial score (nSPS) is 15.1. The van der Waals surface area contributed by atoms with Crippen LogP contribution in [0, 0.1) is 11.3 Å². The van der Waals surface area contributed by atoms with Crippen molar-refractivity contribution in [1.29, 1.82) is 5.26 Å². The number of carbonyl (C=O) groups excluding carboxylic acids is 2. The zero-order valence-corrected chi connectivity index (χ0v) is 24.5. The summed E-state index contributed by atoms with van der Waals surface area (Å²) in [6.45, 7) is 4.00. The van der Waals surface area contributed by atoms with E-state index >= 15 is 0 Å². The Kier molecular flexibility index (Phi) is 10.8. The third kappa shape index (κ3) is 8.27. The van der Waals surface area contributed by atoms with Crippen molar-refractivity contribution in [1.82, 2.24) is 16.1 Å². The number of benzene rings is 3. The van der Waals surface area contributed by atoms with Gasteiger partial charge < -0.3 is 34.7 Å². The third-order valence-corrected chi connectivity index (χ3v) is 6.48. The minimum absolute atomic E-state index is 0.143. The average Bonchev–Trinajstić information content (AvgIpc) is 3.03. The number of esters is 1. The predicted molar refractivity (Wildman–Crippen MR) is 161 cm³/mol. The maximum absolute atomic E-state index is 12.4. The fourth-order valence-electron chi connectivity index (χ4n) is 4.31. The average molecular weight is 600 g/mol. The van der Waals surface area contributed by atoms with Gasteiger partial charge in [-0.2, -0.15) is 10.4 Å². The van der Waals surface area contributed by atoms with Gasteiger partial charge in [0.15, 0.2) is 17.7 Å². The number of methoxy groups -OCH3 is 1. The van der Waals surface area contributed by atoms with Gasteiger partial charge >= 0.3 is 12.0 Å². The Morgan fingerprint density at radius 3 is 2.52 bits per heavy atom. The molecule has 1 aliphatic rings. The van der Waals surface area contributed by atoms with Gasteiger partial charge in [0.25, 0.3) is 0 Å². The number of hydrogen-bond donors (Lipinski definition) is 4. The van der Waals surface area contributed by atoms with E-state index in [9.17, 15) is 14.7 Å². The third-order valence-electron chi connectivity index (χ3n) is 6.48. The summed E-state index contributed by atoms with van der Waals surface area (Å²) in [6.07, 6.45) is 0.422. The fraction of sp³-hybridized carbons (Fsp3) is 0.250. The number of nitrogens with zero attached hydrogens (tertiary/aromatic N) is 2. The van der Waals surface area contributed by atoms with Gasteiger partial charge in [0, 0.05) is 5.70 Å². The van der Waals surface area contributed by atoms with Gasteiger partial charge in [-0.3, -0.25) is 5.43 Å². The first-order chi connectivity index (χ1) is 21.3. The zero-order valence-electron chi connectivity index (χ0n) is 24.5. The Morgan fingerprint density at radius 1 is 1.09 bits per heavy atom. The maximum Gasteiger partial charge on any atom is 0.337 e. The molecule has 3 aromatic carbocycles. The van der Waals surface area contributed by atoms with Crippen molar-refractivity contribution in [2.45, 2.75) is 32.7 Å². The van der Waals surface area contributed by atoms with Gasteiger partial charge in [-0.25, -0.2) is 9.59 Å². The Balaban J connectivity index is 1.31. The number of hydrazone groups is 1. The van der Waals surface area contributed by atoms with E-state index in [1.807, 2.05) is 43.3 Å². The van der Waals surface area contributed by atoms with Crippen LogP contribution in [0.1, 0.15) is 42.1 Å². The SMILES string of the molecule is CCOc1cc([C@H]2NC(=O)NC(C)=C2C(=O)OC)ccc1OC[C@@H](O)N/N=C/c1ccc(OCc2ccc(C#N)cc2)cc1. The molecule has 0 saturated heterocycles. The Hall–Kier alpha value is -5.54. The van der Waals surface area contributed by atoms with Crippen molar-refractivity contribution < 1.29 is 33.6 Å². The van der Waals surface area contributed by atoms with Crippen molar-refractivity contribution in [3.8, 4) is 23.3 Å². The summed E-state index contributed by atoms with van der Waals surface area (Å²) in [5.74, 6) is 0.839. The van der Waals surface area contributed by atoms with Crippen molar-refractivity contribution in [3.63, 3.8) is 0 Å². The molecule has 0 unspecified atom stereocenters. The van der Waals surface area contributed by atoms with E-state index in [0.717, 1.165) is 11.1 Å². The highest BCUT2D eigenvalue weighted by atomic mass is 16.5. The first kappa shape index (κ1) is 31.4. The van der Waals surface area contributed by atoms with Crippen LogP contribution in [0.4, 0.5) is 4.79 Å². The monoisotopic (exact) mass is 599 g/mol. The number of carbonyl (C=O) groups is 2. The van der Waals surface area contributed by atoms with E-state index in [-0.39, 0.29) is 12.2 Å². The minimum Gasteiger partial charge on any atom is -0.490 e. The number of amides is 2. The highest BCUT2D eigenvalue weighted by Crippen LogP contribution is 2.35. The standard InChI is InChI=1S/C32H33N5O7/c1-4-42-27-15-24(30-29(31(39)41-3)20(2)35-32(40)36-30)11-14-26(27)44-19-28(38)37-34-17-22-9-12-25(13-10-22)43-18-23-7-5-21(16-33)6-8-23/h5-15,17,28,30,37-38H,4,18-19H2,1-3H3,(H2,35,36,40)/b34-17+/t28-,30-/m1/s1. The van der Waals surface area contributed by atoms with Gasteiger partial charge in [0.2, 0.25) is 0 Å². The summed E-state index contributed by atoms with van der Waals surface area (Å²) in [7, 11) is 1.27. The number of urea groups is 1. The number of hydrogen-bond acceptors (Lipinski definition) is 10. The van der Waals surface area contributed by atoms with Crippen molar-refractivity contribution in [2.75, 3.05) is 20.3 Å². The van der Waals surface area contributed by atoms with E-state index in [1.165, 1.54) is 7.11 Å². The second-order valence-electron chi connectivity index (χ2n) is 9.58. The van der Waals surface area contributed by atoms with E-state index in [2.05, 4.69) is 27.2 Å². The molecule has 0 aliphatic carbocycles. The topological polar surface area (TPSA) is 164 Å². The van der Waals surface area contributed by atoms with E-state index in [0.29, 0.717) is 47.3 Å². The number of allylic oxidation sites excluding steroid dienone is 1. The largest absolute Gasteiger partial charge is 0.490 e. The highest BCUT2D eigenvalue weighted by molar-refractivity contribution is 5.95. The molecular weight excluding hydrogens is 566 g/mol. The molecule has 44 heavy (non-hydrogen) atoms. The first-order valence-corrected chi connectivity index (χ1v) is 13.8. The number of ether oxygens (including phenoxy) is 4. The van der Waals surface area contributed by atoms with Gasteiger partial charge in [-0.1, -0.05) is 18.2 Å². The second-order valence-corrected chi connectivity index (χ2v) is 9.58. The molecule has 228 valence electrons. The minimum atomic E-state index is -1.13. The molecule has 12 heteroatoms. The molecule has 0 radical (unpaired) electrons. The van der Waals surface area contributed by atoms with Crippen LogP contribution in [-0.2, 0) is 16.1 Å². The number of aliphatic hydroxyl groups is 1. The molecule has 0 saturated carbocycles. The van der Waals surface area contributed by atoms with Crippen LogP contribution < -0.4 is 30.3 Å². The van der Waals surface area contributed by atoms with Crippen LogP contribution >= 0.6 is 0 Å². The lowest BCUT2D eigenvalue weighted by molar-refractivity contribution is -0.136. The van der Waals surface area contributed by atoms with Crippen molar-refractivity contribution in [3.05, 3.63) is 100 Å². The van der Waals surface area contributed by atoms with Crippen LogP contribution in [0.15, 0.2) is 83.1 Å². The lowest BCUT2D eigenvalue weighted by atomic mass is 9.95. The van der Waals surface area contributed by atoms with Crippen molar-refractivity contribution in [2.24, 2.45) is 5.10 Å². The van der Waals surface area contributed by atoms with Gasteiger partial charge in [0.05, 0.1) is 43.2 Å². The van der Waals surface area contributed by atoms with Gasteiger partial charge in [0.1, 0.15) is 19.0 Å². The van der Waals surface area contributed by atoms with Gasteiger partial charge in [-0.05, 0) is 79.1 Å². The summed E-state index contributed by atoms with van der Waals surface area (Å²) < 4.78 is 22.2. The molecule has 1 aliphatic heterocycles. The second kappa shape index (κ2) is 15.1. The summed E-state index contributed by atoms with van der Waals surface area (Å²) in [4.78, 5) is 24.5. The quantitative estimate of drug-likeness (QED) is 0.0994. The smallest absolute Gasteiger partial charge is 0.337 e. The summed E-state index contributed by atoms with van der Waals surface area (Å²) in [5.41, 5.74) is 6.20. The van der Waals surface area contributed by atoms with E-state index in [4.69, 9.17) is 24.2 Å². The van der Waals surface area contributed by atoms with E-state index < -0.39 is 24.3 Å². The van der Waals surface area contributed by atoms with Crippen molar-refractivity contribution >= 4 is 18.2 Å². The fourth-order valence-corrected chi connectivity index (χ4v) is 4.31. The summed E-state index contributed by atoms with van der Waals surface area (Å²) in [6, 6.07) is 20.4. The number of rotatable bonds is 13. The molecular formula is C32H33N5O7. The number of nitrogens with one attached hydrogen (secondary N) is 3. The van der Waals surface area contributed by atoms with Crippen LogP contribution in [0.2, 0.25) is 0 Å². The Labute approximate surface area is 254 Å². The molecule has 4 rings (SSSR count). The molecule has 1 heterocycles. The molecule has 2 amide bonds. The molecule has 3 aromatic rings. The first-order valence-electron chi connectivity index (χ1n) is 13.8. The Bertz CT molecular complexity index is 1560. The van der Waals surface area contributed by atoms with Crippen LogP contribution in [0.3, 0.4) is 0 Å². The molecule has 4 N–H and O–H groups in total. The van der Waals surface area contributed by atoms with Crippen LogP contribution in [0.5, 0.6) is 17.2 Å². The molecule has 2 atom stereocenters. The molecule has 12 nitrogen and oxygen atoms in total. The van der Waals surface area contributed by atoms with E-state index in [1.54, 1.807) is 43.5 Å². The lowest BCUT2D eigenvalue weighted by Gasteiger charge is -2.28. The summed E-state index contributed by atoms with van der Waals surface area (Å²) in [5, 5.41) is 28.7. The maximum atomic E-state index is 12.4. The van der Waals surface area contributed by atoms with Gasteiger partial charge in [-0.15, -0.1) is 0 Å². The molecule has 0 bridgehead atoms. The molecule has 0 spiro atoms. The number of nitriles is 1. The lowest BCUT2D eigenvalue weighted by Crippen LogP contribution is -2.45. The zero-order chi connectivity index (χ0) is 31.5. The van der Waals surface area contributed by atoms with Crippen LogP contribution in [-0.4, -0.2) is 49.9 Å². The Morgan fingerprint density at radius 2 is 1.84 bits per heavy atom. The predicted octanol–water partition coefficient (Wildman–Crippen LogP) is 3.66. The van der Waals surface area contributed by atoms with Crippen LogP contribution in [0.25, 0.3) is 0 Å². The highest BCUT2D eigenvalue weighted by Gasteiger charge is 2.32. The molecule has 0 fully saturated rings. The molecule has 0 aromatic heterocycles. The summed E-state index contributed by atoms with van der Waals surface area (Å²) >= 11 is 0. The number of aliphatic hydroxyl groups excluding tert-OH is 1.